The number of aromatic nitrogens is 1. The van der Waals surface area contributed by atoms with Gasteiger partial charge in [0.25, 0.3) is 0 Å². The van der Waals surface area contributed by atoms with Gasteiger partial charge in [-0.2, -0.15) is 0 Å². The van der Waals surface area contributed by atoms with Gasteiger partial charge in [0.2, 0.25) is 0 Å². The van der Waals surface area contributed by atoms with Gasteiger partial charge in [-0.05, 0) is 0 Å². The van der Waals surface area contributed by atoms with Crippen LogP contribution in [0.2, 0.25) is 0 Å². The Bertz CT molecular complexity index is 624. The van der Waals surface area contributed by atoms with Crippen LogP contribution in [0.5, 0.6) is 0 Å². The topological polar surface area (TPSA) is 3.88 Å². The second-order valence-electron chi connectivity index (χ2n) is 4.44. The van der Waals surface area contributed by atoms with Crippen molar-refractivity contribution in [3.05, 3.63) is 70.8 Å². The second-order valence-corrected chi connectivity index (χ2v) is 8.25. The zero-order valence-corrected chi connectivity index (χ0v) is 14.4. The fourth-order valence-electron chi connectivity index (χ4n) is 1.90. The van der Waals surface area contributed by atoms with Crippen LogP contribution in [0.4, 0.5) is 0 Å². The van der Waals surface area contributed by atoms with Gasteiger partial charge in [-0.3, -0.25) is 0 Å². The first kappa shape index (κ1) is 13.1. The van der Waals surface area contributed by atoms with Gasteiger partial charge in [0.05, 0.1) is 0 Å². The summed E-state index contributed by atoms with van der Waals surface area (Å²) in [7, 11) is 0. The van der Waals surface area contributed by atoms with Crippen LogP contribution in [-0.4, -0.2) is 20.7 Å². The maximum absolute atomic E-state index is 3.48. The first-order chi connectivity index (χ1) is 9.22. The number of hydrogen-bond donors (Lipinski definition) is 0. The standard InChI is InChI=1S/C16H13BrNTe/c1-12-2-8-15(9-3-12)18-11-10-16(19-18)13-4-6-14(17)7-5-13/h2-11H,1H3/q+1. The molecule has 0 unspecified atom stereocenters. The molecule has 0 atom stereocenters. The average molecular weight is 427 g/mol. The van der Waals surface area contributed by atoms with E-state index in [0.717, 1.165) is 4.47 Å². The van der Waals surface area contributed by atoms with E-state index < -0.39 is 0 Å². The van der Waals surface area contributed by atoms with Crippen LogP contribution >= 0.6 is 15.9 Å². The van der Waals surface area contributed by atoms with E-state index in [2.05, 4.69) is 86.4 Å². The maximum atomic E-state index is 3.48. The molecule has 0 N–H and O–H groups in total. The van der Waals surface area contributed by atoms with Crippen molar-refractivity contribution in [3.8, 4) is 14.8 Å². The predicted octanol–water partition coefficient (Wildman–Crippen LogP) is 3.76. The molecule has 0 amide bonds. The number of benzene rings is 2. The third-order valence-electron chi connectivity index (χ3n) is 2.98. The Hall–Kier alpha value is -0.880. The molecule has 0 aliphatic heterocycles. The fraction of sp³-hybridized carbons (Fsp3) is 0.0625. The van der Waals surface area contributed by atoms with Gasteiger partial charge in [0.1, 0.15) is 0 Å². The number of rotatable bonds is 2. The first-order valence-electron chi connectivity index (χ1n) is 6.07. The Morgan fingerprint density at radius 3 is 2.26 bits per heavy atom. The average Bonchev–Trinajstić information content (AvgIpc) is 2.90. The fourth-order valence-corrected chi connectivity index (χ4v) is 4.80. The molecule has 0 aliphatic carbocycles. The zero-order valence-electron chi connectivity index (χ0n) is 10.5. The van der Waals surface area contributed by atoms with Crippen LogP contribution in [0, 0.1) is 6.92 Å². The van der Waals surface area contributed by atoms with E-state index in [4.69, 9.17) is 0 Å². The summed E-state index contributed by atoms with van der Waals surface area (Å²) in [5.74, 6) is 0. The van der Waals surface area contributed by atoms with E-state index >= 15 is 0 Å². The van der Waals surface area contributed by atoms with Crippen LogP contribution in [0.15, 0.2) is 65.3 Å². The quantitative estimate of drug-likeness (QED) is 0.549. The van der Waals surface area contributed by atoms with Crippen molar-refractivity contribution in [2.24, 2.45) is 0 Å². The molecule has 3 heteroatoms. The van der Waals surface area contributed by atoms with Crippen LogP contribution in [-0.2, 0) is 0 Å². The molecular formula is C16H13BrNTe+. The van der Waals surface area contributed by atoms with Crippen molar-refractivity contribution in [3.63, 3.8) is 0 Å². The van der Waals surface area contributed by atoms with Gasteiger partial charge in [-0.15, -0.1) is 0 Å². The van der Waals surface area contributed by atoms with Gasteiger partial charge >= 0.3 is 132 Å². The van der Waals surface area contributed by atoms with Crippen LogP contribution < -0.4 is 2.79 Å². The number of hydrogen-bond acceptors (Lipinski definition) is 0. The molecule has 0 spiro atoms. The minimum absolute atomic E-state index is 0.339. The minimum atomic E-state index is -0.339. The van der Waals surface area contributed by atoms with E-state index in [1.54, 1.807) is 0 Å². The van der Waals surface area contributed by atoms with Crippen molar-refractivity contribution in [2.45, 2.75) is 6.92 Å². The summed E-state index contributed by atoms with van der Waals surface area (Å²) in [4.78, 5) is 0. The molecular weight excluding hydrogens is 414 g/mol. The predicted molar refractivity (Wildman–Crippen MR) is 82.8 cm³/mol. The normalized spacial score (nSPS) is 10.6. The van der Waals surface area contributed by atoms with E-state index in [0.29, 0.717) is 0 Å². The van der Waals surface area contributed by atoms with Crippen LogP contribution in [0.1, 0.15) is 5.56 Å². The summed E-state index contributed by atoms with van der Waals surface area (Å²) in [6.07, 6.45) is 2.21. The third-order valence-corrected chi connectivity index (χ3v) is 6.64. The van der Waals surface area contributed by atoms with E-state index in [-0.39, 0.29) is 20.7 Å². The molecule has 3 rings (SSSR count). The van der Waals surface area contributed by atoms with Gasteiger partial charge in [0, 0.05) is 0 Å². The number of aryl methyl sites for hydroxylation is 1. The Kier molecular flexibility index (Phi) is 3.88. The summed E-state index contributed by atoms with van der Waals surface area (Å²) in [5.41, 5.74) is 3.96. The van der Waals surface area contributed by atoms with Crippen molar-refractivity contribution in [1.82, 2.24) is 0 Å². The van der Waals surface area contributed by atoms with Gasteiger partial charge < -0.3 is 0 Å². The summed E-state index contributed by atoms with van der Waals surface area (Å²) in [5, 5.41) is 0. The van der Waals surface area contributed by atoms with Gasteiger partial charge in [0.15, 0.2) is 0 Å². The Balaban J connectivity index is 1.95. The molecule has 2 aromatic carbocycles. The van der Waals surface area contributed by atoms with Crippen LogP contribution in [0.25, 0.3) is 14.8 Å². The summed E-state index contributed by atoms with van der Waals surface area (Å²) >= 11 is 3.14. The molecule has 19 heavy (non-hydrogen) atoms. The van der Waals surface area contributed by atoms with Gasteiger partial charge in [-0.25, -0.2) is 0 Å². The third kappa shape index (κ3) is 3.00. The molecule has 0 saturated carbocycles. The van der Waals surface area contributed by atoms with Gasteiger partial charge in [-0.1, -0.05) is 0 Å². The number of halogens is 1. The monoisotopic (exact) mass is 428 g/mol. The van der Waals surface area contributed by atoms with E-state index in [1.807, 2.05) is 0 Å². The summed E-state index contributed by atoms with van der Waals surface area (Å²) in [6, 6.07) is 19.6. The molecule has 0 bridgehead atoms. The Morgan fingerprint density at radius 2 is 1.58 bits per heavy atom. The molecule has 1 aromatic heterocycles. The van der Waals surface area contributed by atoms with Crippen molar-refractivity contribution < 1.29 is 2.79 Å². The van der Waals surface area contributed by atoms with E-state index in [1.165, 1.54) is 20.4 Å². The Labute approximate surface area is 131 Å². The van der Waals surface area contributed by atoms with Crippen LogP contribution in [0.3, 0.4) is 0 Å². The van der Waals surface area contributed by atoms with Crippen molar-refractivity contribution in [1.29, 1.82) is 0 Å². The summed E-state index contributed by atoms with van der Waals surface area (Å²) in [6.45, 7) is 2.12. The Morgan fingerprint density at radius 1 is 0.895 bits per heavy atom. The molecule has 94 valence electrons. The molecule has 1 nitrogen and oxygen atoms in total. The molecule has 3 aromatic rings. The van der Waals surface area contributed by atoms with Crippen molar-refractivity contribution >= 4 is 36.6 Å². The molecule has 0 fully saturated rings. The number of nitrogens with zero attached hydrogens (tertiary/aromatic N) is 1. The second kappa shape index (κ2) is 5.63. The zero-order chi connectivity index (χ0) is 13.2. The molecule has 0 radical (unpaired) electrons. The molecule has 0 aliphatic rings. The molecule has 1 heterocycles. The molecule has 0 saturated heterocycles. The SMILES string of the molecule is Cc1ccc(-[n+]2ccc(-c3ccc(Br)cc3)[te]2)cc1. The first-order valence-corrected chi connectivity index (χ1v) is 9.07. The van der Waals surface area contributed by atoms with E-state index in [9.17, 15) is 0 Å². The van der Waals surface area contributed by atoms with Crippen molar-refractivity contribution in [2.75, 3.05) is 0 Å². The summed E-state index contributed by atoms with van der Waals surface area (Å²) < 4.78 is 5.02.